The van der Waals surface area contributed by atoms with Crippen LogP contribution in [0.4, 0.5) is 0 Å². The first kappa shape index (κ1) is 25.4. The molecule has 6 nitrogen and oxygen atoms in total. The molecule has 0 spiro atoms. The van der Waals surface area contributed by atoms with Crippen molar-refractivity contribution >= 4 is 17.7 Å². The third-order valence-electron chi connectivity index (χ3n) is 11.3. The molecule has 34 heavy (non-hydrogen) atoms. The smallest absolute Gasteiger partial charge is 0.323 e. The summed E-state index contributed by atoms with van der Waals surface area (Å²) in [6.45, 7) is 12.4. The zero-order valence-electron chi connectivity index (χ0n) is 22.0. The molecule has 1 N–H and O–H groups in total. The molecule has 4 rings (SSSR count). The monoisotopic (exact) mass is 474 g/mol. The van der Waals surface area contributed by atoms with Crippen molar-refractivity contribution in [2.24, 2.45) is 38.9 Å². The van der Waals surface area contributed by atoms with Gasteiger partial charge < -0.3 is 14.6 Å². The number of ketones is 1. The van der Waals surface area contributed by atoms with E-state index >= 15 is 0 Å². The quantitative estimate of drug-likeness (QED) is 0.474. The standard InChI is InChI=1S/C28H42O6/c1-17(29)34-16-28(23(32)33-7)15-14-26(5)18(22(28)31)8-9-20-25(4)12-11-21(30)24(2,3)19(25)10-13-27(20,26)6/h8,19-21,30H,9-16H2,1-7H3/t19?,20?,21?,25-,26+,27+,28-/m0/s1. The van der Waals surface area contributed by atoms with Gasteiger partial charge in [-0.15, -0.1) is 0 Å². The molecule has 0 saturated heterocycles. The molecule has 3 saturated carbocycles. The largest absolute Gasteiger partial charge is 0.468 e. The number of rotatable bonds is 3. The van der Waals surface area contributed by atoms with Crippen molar-refractivity contribution in [1.82, 2.24) is 0 Å². The number of aliphatic hydroxyl groups excluding tert-OH is 1. The topological polar surface area (TPSA) is 89.9 Å². The predicted molar refractivity (Wildman–Crippen MR) is 128 cm³/mol. The second kappa shape index (κ2) is 7.91. The molecule has 0 aromatic rings. The Hall–Kier alpha value is -1.69. The minimum Gasteiger partial charge on any atom is -0.468 e. The number of methoxy groups -OCH3 is 1. The van der Waals surface area contributed by atoms with Crippen molar-refractivity contribution in [1.29, 1.82) is 0 Å². The molecule has 4 aliphatic rings. The Morgan fingerprint density at radius 3 is 2.32 bits per heavy atom. The maximum Gasteiger partial charge on any atom is 0.323 e. The number of esters is 2. The van der Waals surface area contributed by atoms with Gasteiger partial charge in [-0.05, 0) is 78.6 Å². The first-order valence-corrected chi connectivity index (χ1v) is 12.9. The van der Waals surface area contributed by atoms with E-state index in [1.807, 2.05) is 0 Å². The first-order chi connectivity index (χ1) is 15.7. The highest BCUT2D eigenvalue weighted by Gasteiger charge is 2.69. The molecule has 3 unspecified atom stereocenters. The minimum atomic E-state index is -1.47. The summed E-state index contributed by atoms with van der Waals surface area (Å²) >= 11 is 0. The summed E-state index contributed by atoms with van der Waals surface area (Å²) in [5, 5.41) is 10.8. The van der Waals surface area contributed by atoms with Crippen LogP contribution in [0.5, 0.6) is 0 Å². The lowest BCUT2D eigenvalue weighted by Gasteiger charge is -2.69. The number of aliphatic hydroxyl groups is 1. The first-order valence-electron chi connectivity index (χ1n) is 12.9. The molecule has 3 fully saturated rings. The second-order valence-electron chi connectivity index (χ2n) is 12.8. The zero-order valence-corrected chi connectivity index (χ0v) is 22.0. The molecule has 4 aliphatic carbocycles. The summed E-state index contributed by atoms with van der Waals surface area (Å²) in [6.07, 6.45) is 7.40. The molecule has 7 atom stereocenters. The van der Waals surface area contributed by atoms with Gasteiger partial charge in [0.05, 0.1) is 13.2 Å². The van der Waals surface area contributed by atoms with Gasteiger partial charge in [0, 0.05) is 12.3 Å². The van der Waals surface area contributed by atoms with Gasteiger partial charge in [-0.25, -0.2) is 0 Å². The fourth-order valence-electron chi connectivity index (χ4n) is 8.91. The zero-order chi connectivity index (χ0) is 25.3. The number of carbonyl (C=O) groups is 3. The Morgan fingerprint density at radius 2 is 1.71 bits per heavy atom. The number of ether oxygens (including phenoxy) is 2. The highest BCUT2D eigenvalue weighted by molar-refractivity contribution is 6.14. The number of hydrogen-bond acceptors (Lipinski definition) is 6. The second-order valence-corrected chi connectivity index (χ2v) is 12.8. The van der Waals surface area contributed by atoms with Gasteiger partial charge in [0.1, 0.15) is 6.61 Å². The highest BCUT2D eigenvalue weighted by Crippen LogP contribution is 2.73. The average molecular weight is 475 g/mol. The molecule has 0 aliphatic heterocycles. The summed E-state index contributed by atoms with van der Waals surface area (Å²) in [7, 11) is 1.28. The summed E-state index contributed by atoms with van der Waals surface area (Å²) in [5.74, 6) is -0.542. The van der Waals surface area contributed by atoms with Gasteiger partial charge in [0.25, 0.3) is 0 Å². The van der Waals surface area contributed by atoms with Crippen LogP contribution in [0.1, 0.15) is 86.5 Å². The van der Waals surface area contributed by atoms with Crippen LogP contribution in [0.25, 0.3) is 0 Å². The Bertz CT molecular complexity index is 935. The van der Waals surface area contributed by atoms with Gasteiger partial charge in [-0.2, -0.15) is 0 Å². The number of Topliss-reactive ketones (excluding diaryl/α,β-unsaturated/α-hetero) is 1. The Morgan fingerprint density at radius 1 is 1.03 bits per heavy atom. The molecule has 0 radical (unpaired) electrons. The Labute approximate surface area is 203 Å². The van der Waals surface area contributed by atoms with Crippen molar-refractivity contribution in [3.05, 3.63) is 11.6 Å². The summed E-state index contributed by atoms with van der Waals surface area (Å²) in [5.41, 5.74) is -1.27. The number of allylic oxidation sites excluding steroid dienone is 2. The number of hydrogen-bond donors (Lipinski definition) is 1. The van der Waals surface area contributed by atoms with E-state index in [4.69, 9.17) is 9.47 Å². The average Bonchev–Trinajstić information content (AvgIpc) is 2.76. The van der Waals surface area contributed by atoms with E-state index in [2.05, 4.69) is 40.7 Å². The van der Waals surface area contributed by atoms with E-state index in [1.54, 1.807) is 0 Å². The lowest BCUT2D eigenvalue weighted by Crippen LogP contribution is -2.65. The van der Waals surface area contributed by atoms with Crippen LogP contribution in [-0.2, 0) is 23.9 Å². The van der Waals surface area contributed by atoms with Gasteiger partial charge in [0.15, 0.2) is 11.2 Å². The maximum atomic E-state index is 14.0. The lowest BCUT2D eigenvalue weighted by molar-refractivity contribution is -0.201. The molecule has 0 amide bonds. The van der Waals surface area contributed by atoms with E-state index in [0.717, 1.165) is 32.1 Å². The van der Waals surface area contributed by atoms with E-state index in [-0.39, 0.29) is 40.2 Å². The maximum absolute atomic E-state index is 14.0. The fourth-order valence-corrected chi connectivity index (χ4v) is 8.91. The fraction of sp³-hybridized carbons (Fsp3) is 0.821. The summed E-state index contributed by atoms with van der Waals surface area (Å²) in [6, 6.07) is 0. The van der Waals surface area contributed by atoms with Crippen LogP contribution in [0, 0.1) is 38.9 Å². The van der Waals surface area contributed by atoms with Gasteiger partial charge in [-0.1, -0.05) is 40.7 Å². The summed E-state index contributed by atoms with van der Waals surface area (Å²) < 4.78 is 10.3. The molecular weight excluding hydrogens is 432 g/mol. The van der Waals surface area contributed by atoms with Crippen molar-refractivity contribution in [2.75, 3.05) is 13.7 Å². The normalized spacial score (nSPS) is 45.2. The van der Waals surface area contributed by atoms with E-state index in [9.17, 15) is 19.5 Å². The van der Waals surface area contributed by atoms with Crippen LogP contribution in [0.2, 0.25) is 0 Å². The molecule has 190 valence electrons. The minimum absolute atomic E-state index is 0.0818. The third kappa shape index (κ3) is 3.12. The van der Waals surface area contributed by atoms with Gasteiger partial charge >= 0.3 is 11.9 Å². The third-order valence-corrected chi connectivity index (χ3v) is 11.3. The molecule has 0 heterocycles. The van der Waals surface area contributed by atoms with Crippen molar-refractivity contribution < 1.29 is 29.0 Å². The molecule has 0 aromatic heterocycles. The Balaban J connectivity index is 1.76. The van der Waals surface area contributed by atoms with Gasteiger partial charge in [0.2, 0.25) is 0 Å². The number of fused-ring (bicyclic) bond motifs is 5. The SMILES string of the molecule is COC(=O)[C@]1(COC(C)=O)CC[C@]2(C)C(=CCC3[C@@]4(C)CCC(O)C(C)(C)C4CC[C@]32C)C1=O. The van der Waals surface area contributed by atoms with Crippen molar-refractivity contribution in [2.45, 2.75) is 92.6 Å². The molecule has 0 aromatic carbocycles. The number of carbonyl (C=O) groups excluding carboxylic acids is 3. The van der Waals surface area contributed by atoms with E-state index < -0.39 is 17.4 Å². The summed E-state index contributed by atoms with van der Waals surface area (Å²) in [4.78, 5) is 38.5. The van der Waals surface area contributed by atoms with E-state index in [1.165, 1.54) is 14.0 Å². The highest BCUT2D eigenvalue weighted by atomic mass is 16.5. The molecule has 0 bridgehead atoms. The van der Waals surface area contributed by atoms with Crippen LogP contribution in [-0.4, -0.2) is 42.6 Å². The predicted octanol–water partition coefficient (Wildman–Crippen LogP) is 4.63. The van der Waals surface area contributed by atoms with E-state index in [0.29, 0.717) is 30.3 Å². The van der Waals surface area contributed by atoms with Crippen LogP contribution in [0.15, 0.2) is 11.6 Å². The Kier molecular flexibility index (Phi) is 5.91. The van der Waals surface area contributed by atoms with Crippen molar-refractivity contribution in [3.8, 4) is 0 Å². The molecule has 6 heteroatoms. The lowest BCUT2D eigenvalue weighted by atomic mass is 9.35. The van der Waals surface area contributed by atoms with Crippen molar-refractivity contribution in [3.63, 3.8) is 0 Å². The van der Waals surface area contributed by atoms with Crippen LogP contribution in [0.3, 0.4) is 0 Å². The van der Waals surface area contributed by atoms with Gasteiger partial charge in [-0.3, -0.25) is 14.4 Å². The molecular formula is C28H42O6. The van der Waals surface area contributed by atoms with Crippen LogP contribution >= 0.6 is 0 Å². The van der Waals surface area contributed by atoms with Crippen LogP contribution < -0.4 is 0 Å².